The van der Waals surface area contributed by atoms with Crippen LogP contribution in [0.4, 0.5) is 0 Å². The molecular weight excluding hydrogens is 196 g/mol. The summed E-state index contributed by atoms with van der Waals surface area (Å²) in [5, 5.41) is 0. The Morgan fingerprint density at radius 3 is 3.07 bits per heavy atom. The maximum absolute atomic E-state index is 5.75. The van der Waals surface area contributed by atoms with Crippen LogP contribution in [0.15, 0.2) is 30.7 Å². The highest BCUT2D eigenvalue weighted by atomic mass is 35.5. The summed E-state index contributed by atoms with van der Waals surface area (Å²) in [6, 6.07) is 8.98. The van der Waals surface area contributed by atoms with E-state index in [9.17, 15) is 0 Å². The molecule has 0 N–H and O–H groups in total. The first-order chi connectivity index (χ1) is 6.79. The monoisotopic (exact) mass is 205 g/mol. The van der Waals surface area contributed by atoms with E-state index >= 15 is 0 Å². The summed E-state index contributed by atoms with van der Waals surface area (Å²) in [4.78, 5) is 4.25. The number of aromatic nitrogens is 2. The van der Waals surface area contributed by atoms with Gasteiger partial charge in [0.05, 0.1) is 12.0 Å². The van der Waals surface area contributed by atoms with Crippen LogP contribution in [0.25, 0.3) is 11.3 Å². The van der Waals surface area contributed by atoms with E-state index in [1.807, 2.05) is 36.0 Å². The van der Waals surface area contributed by atoms with Gasteiger partial charge < -0.3 is 4.57 Å². The molecule has 1 aromatic carbocycles. The predicted octanol–water partition coefficient (Wildman–Crippen LogP) is 2.63. The minimum Gasteiger partial charge on any atom is -0.340 e. The number of nitrogens with zero attached hydrogens (tertiary/aromatic N) is 2. The van der Waals surface area contributed by atoms with E-state index in [1.165, 1.54) is 0 Å². The standard InChI is InChI=1S/C11H10ClN2/c1-14-7-11(13-8-14)10-4-2-3-9(5-10)6-12/h2-3,5,7-8H,6H2,1H3. The first-order valence-electron chi connectivity index (χ1n) is 4.34. The van der Waals surface area contributed by atoms with Crippen molar-refractivity contribution in [3.63, 3.8) is 0 Å². The van der Waals surface area contributed by atoms with E-state index in [1.54, 1.807) is 6.33 Å². The van der Waals surface area contributed by atoms with Crippen molar-refractivity contribution in [3.05, 3.63) is 42.4 Å². The molecular formula is C11H10ClN2. The number of rotatable bonds is 2. The summed E-state index contributed by atoms with van der Waals surface area (Å²) in [6.07, 6.45) is 3.74. The summed E-state index contributed by atoms with van der Waals surface area (Å²) in [6.45, 7) is 0. The van der Waals surface area contributed by atoms with Gasteiger partial charge in [-0.25, -0.2) is 4.98 Å². The van der Waals surface area contributed by atoms with Gasteiger partial charge >= 0.3 is 0 Å². The van der Waals surface area contributed by atoms with Crippen molar-refractivity contribution in [2.75, 3.05) is 0 Å². The number of alkyl halides is 1. The molecule has 0 fully saturated rings. The molecule has 14 heavy (non-hydrogen) atoms. The van der Waals surface area contributed by atoms with E-state index in [0.717, 1.165) is 16.8 Å². The van der Waals surface area contributed by atoms with E-state index in [0.29, 0.717) is 5.88 Å². The lowest BCUT2D eigenvalue weighted by atomic mass is 10.1. The van der Waals surface area contributed by atoms with Gasteiger partial charge in [0, 0.05) is 24.7 Å². The van der Waals surface area contributed by atoms with Gasteiger partial charge in [0.2, 0.25) is 0 Å². The van der Waals surface area contributed by atoms with Crippen molar-refractivity contribution in [2.45, 2.75) is 5.88 Å². The van der Waals surface area contributed by atoms with Gasteiger partial charge in [0.1, 0.15) is 0 Å². The molecule has 2 nitrogen and oxygen atoms in total. The fourth-order valence-electron chi connectivity index (χ4n) is 1.30. The van der Waals surface area contributed by atoms with Crippen LogP contribution in [-0.2, 0) is 12.9 Å². The minimum absolute atomic E-state index is 0.522. The average Bonchev–Trinajstić information content (AvgIpc) is 2.65. The highest BCUT2D eigenvalue weighted by molar-refractivity contribution is 6.17. The summed E-state index contributed by atoms with van der Waals surface area (Å²) < 4.78 is 1.91. The van der Waals surface area contributed by atoms with Crippen molar-refractivity contribution in [1.29, 1.82) is 0 Å². The predicted molar refractivity (Wildman–Crippen MR) is 57.0 cm³/mol. The fourth-order valence-corrected chi connectivity index (χ4v) is 1.46. The van der Waals surface area contributed by atoms with Gasteiger partial charge in [0.15, 0.2) is 0 Å². The molecule has 0 spiro atoms. The first kappa shape index (κ1) is 9.28. The van der Waals surface area contributed by atoms with E-state index in [2.05, 4.69) is 11.1 Å². The Hall–Kier alpha value is -1.28. The molecule has 2 rings (SSSR count). The lowest BCUT2D eigenvalue weighted by molar-refractivity contribution is 0.913. The summed E-state index contributed by atoms with van der Waals surface area (Å²) in [5.41, 5.74) is 3.01. The third-order valence-corrected chi connectivity index (χ3v) is 2.31. The third kappa shape index (κ3) is 1.80. The minimum atomic E-state index is 0.522. The molecule has 1 heterocycles. The van der Waals surface area contributed by atoms with Crippen LogP contribution >= 0.6 is 11.6 Å². The molecule has 2 aromatic rings. The van der Waals surface area contributed by atoms with Crippen molar-refractivity contribution in [1.82, 2.24) is 9.55 Å². The van der Waals surface area contributed by atoms with Crippen LogP contribution in [0.1, 0.15) is 5.56 Å². The Morgan fingerprint density at radius 2 is 2.43 bits per heavy atom. The SMILES string of the molecule is Cn1cnc(-c2[c]ccc(CCl)c2)c1. The van der Waals surface area contributed by atoms with Crippen LogP contribution < -0.4 is 0 Å². The molecule has 0 aliphatic carbocycles. The molecule has 0 saturated heterocycles. The molecule has 71 valence electrons. The van der Waals surface area contributed by atoms with Crippen molar-refractivity contribution in [2.24, 2.45) is 7.05 Å². The van der Waals surface area contributed by atoms with Gasteiger partial charge in [-0.05, 0) is 17.7 Å². The quantitative estimate of drug-likeness (QED) is 0.690. The van der Waals surface area contributed by atoms with Crippen molar-refractivity contribution < 1.29 is 0 Å². The Kier molecular flexibility index (Phi) is 2.55. The molecule has 0 bridgehead atoms. The number of halogens is 1. The molecule has 0 aliphatic rings. The topological polar surface area (TPSA) is 17.8 Å². The molecule has 3 heteroatoms. The van der Waals surface area contributed by atoms with E-state index in [4.69, 9.17) is 11.6 Å². The van der Waals surface area contributed by atoms with Gasteiger partial charge in [-0.3, -0.25) is 0 Å². The largest absolute Gasteiger partial charge is 0.340 e. The molecule has 0 saturated carbocycles. The maximum atomic E-state index is 5.75. The number of benzene rings is 1. The van der Waals surface area contributed by atoms with Gasteiger partial charge in [-0.1, -0.05) is 12.1 Å². The summed E-state index contributed by atoms with van der Waals surface area (Å²) >= 11 is 5.75. The Labute approximate surface area is 88.2 Å². The van der Waals surface area contributed by atoms with Crippen LogP contribution in [0, 0.1) is 6.07 Å². The zero-order valence-corrected chi connectivity index (χ0v) is 8.62. The summed E-state index contributed by atoms with van der Waals surface area (Å²) in [5.74, 6) is 0.522. The van der Waals surface area contributed by atoms with E-state index in [-0.39, 0.29) is 0 Å². The van der Waals surface area contributed by atoms with Crippen molar-refractivity contribution >= 4 is 11.6 Å². The van der Waals surface area contributed by atoms with Crippen LogP contribution in [0.2, 0.25) is 0 Å². The Bertz CT molecular complexity index is 434. The maximum Gasteiger partial charge on any atom is 0.0951 e. The molecule has 0 aliphatic heterocycles. The molecule has 0 atom stereocenters. The zero-order valence-electron chi connectivity index (χ0n) is 7.87. The summed E-state index contributed by atoms with van der Waals surface area (Å²) in [7, 11) is 1.95. The number of hydrogen-bond acceptors (Lipinski definition) is 1. The van der Waals surface area contributed by atoms with Gasteiger partial charge in [-0.15, -0.1) is 11.6 Å². The van der Waals surface area contributed by atoms with E-state index < -0.39 is 0 Å². The fraction of sp³-hybridized carbons (Fsp3) is 0.182. The average molecular weight is 206 g/mol. The normalized spacial score (nSPS) is 10.4. The molecule has 0 amide bonds. The van der Waals surface area contributed by atoms with Gasteiger partial charge in [0.25, 0.3) is 0 Å². The second-order valence-corrected chi connectivity index (χ2v) is 3.44. The molecule has 0 unspecified atom stereocenters. The number of hydrogen-bond donors (Lipinski definition) is 0. The van der Waals surface area contributed by atoms with Crippen LogP contribution in [-0.4, -0.2) is 9.55 Å². The highest BCUT2D eigenvalue weighted by Crippen LogP contribution is 2.18. The zero-order chi connectivity index (χ0) is 9.97. The number of aryl methyl sites for hydroxylation is 1. The van der Waals surface area contributed by atoms with Crippen LogP contribution in [0.5, 0.6) is 0 Å². The second-order valence-electron chi connectivity index (χ2n) is 3.17. The Morgan fingerprint density at radius 1 is 1.57 bits per heavy atom. The smallest absolute Gasteiger partial charge is 0.0951 e. The highest BCUT2D eigenvalue weighted by Gasteiger charge is 2.01. The van der Waals surface area contributed by atoms with Gasteiger partial charge in [-0.2, -0.15) is 0 Å². The Balaban J connectivity index is 2.41. The molecule has 1 aromatic heterocycles. The first-order valence-corrected chi connectivity index (χ1v) is 4.88. The lowest BCUT2D eigenvalue weighted by Crippen LogP contribution is -1.82. The van der Waals surface area contributed by atoms with Crippen molar-refractivity contribution in [3.8, 4) is 11.3 Å². The van der Waals surface area contributed by atoms with Crippen LogP contribution in [0.3, 0.4) is 0 Å². The molecule has 1 radical (unpaired) electrons. The third-order valence-electron chi connectivity index (χ3n) is 2.00. The number of imidazole rings is 1. The lowest BCUT2D eigenvalue weighted by Gasteiger charge is -1.98. The second kappa shape index (κ2) is 3.84.